The molecule has 2 unspecified atom stereocenters. The first-order chi connectivity index (χ1) is 9.79. The van der Waals surface area contributed by atoms with Gasteiger partial charge in [0, 0.05) is 24.4 Å². The van der Waals surface area contributed by atoms with Crippen LogP contribution in [0.2, 0.25) is 0 Å². The van der Waals surface area contributed by atoms with Crippen LogP contribution < -0.4 is 5.32 Å². The fourth-order valence-electron chi connectivity index (χ4n) is 3.11. The van der Waals surface area contributed by atoms with Crippen molar-refractivity contribution in [3.05, 3.63) is 30.1 Å². The molecule has 1 amide bonds. The molecule has 0 bridgehead atoms. The monoisotopic (exact) mass is 274 g/mol. The third-order valence-corrected chi connectivity index (χ3v) is 4.27. The van der Waals surface area contributed by atoms with Crippen LogP contribution in [0.1, 0.15) is 57.6 Å². The van der Waals surface area contributed by atoms with Gasteiger partial charge in [-0.3, -0.25) is 9.78 Å². The lowest BCUT2D eigenvalue weighted by molar-refractivity contribution is -0.122. The maximum Gasteiger partial charge on any atom is 0.220 e. The van der Waals surface area contributed by atoms with Gasteiger partial charge in [0.2, 0.25) is 5.91 Å². The van der Waals surface area contributed by atoms with Crippen molar-refractivity contribution in [1.82, 2.24) is 10.3 Å². The van der Waals surface area contributed by atoms with E-state index in [4.69, 9.17) is 0 Å². The Morgan fingerprint density at radius 1 is 1.40 bits per heavy atom. The minimum Gasteiger partial charge on any atom is -0.353 e. The fourth-order valence-corrected chi connectivity index (χ4v) is 3.11. The lowest BCUT2D eigenvalue weighted by Gasteiger charge is -2.20. The molecule has 0 saturated heterocycles. The normalized spacial score (nSPS) is 21.9. The Morgan fingerprint density at radius 3 is 3.05 bits per heavy atom. The molecule has 0 aromatic carbocycles. The van der Waals surface area contributed by atoms with E-state index in [1.165, 1.54) is 32.1 Å². The van der Waals surface area contributed by atoms with Crippen LogP contribution in [-0.2, 0) is 11.2 Å². The smallest absolute Gasteiger partial charge is 0.220 e. The minimum absolute atomic E-state index is 0.184. The Kier molecular flexibility index (Phi) is 6.03. The zero-order chi connectivity index (χ0) is 14.2. The maximum atomic E-state index is 12.1. The predicted molar refractivity (Wildman–Crippen MR) is 81.4 cm³/mol. The molecule has 2 atom stereocenters. The molecule has 3 nitrogen and oxygen atoms in total. The molecule has 1 aromatic rings. The molecular formula is C17H26N2O. The number of aryl methyl sites for hydroxylation is 1. The Hall–Kier alpha value is -1.38. The van der Waals surface area contributed by atoms with Crippen molar-refractivity contribution in [2.24, 2.45) is 5.92 Å². The van der Waals surface area contributed by atoms with Gasteiger partial charge in [-0.15, -0.1) is 0 Å². The van der Waals surface area contributed by atoms with Crippen LogP contribution in [0, 0.1) is 5.92 Å². The first-order valence-corrected chi connectivity index (χ1v) is 7.99. The van der Waals surface area contributed by atoms with Crippen LogP contribution in [0.4, 0.5) is 0 Å². The van der Waals surface area contributed by atoms with E-state index in [1.807, 2.05) is 18.2 Å². The van der Waals surface area contributed by atoms with E-state index in [9.17, 15) is 4.79 Å². The molecule has 1 heterocycles. The van der Waals surface area contributed by atoms with Gasteiger partial charge in [0.25, 0.3) is 0 Å². The zero-order valence-electron chi connectivity index (χ0n) is 12.5. The molecule has 1 aliphatic carbocycles. The Labute approximate surface area is 122 Å². The van der Waals surface area contributed by atoms with Crippen molar-refractivity contribution in [2.45, 2.75) is 64.3 Å². The summed E-state index contributed by atoms with van der Waals surface area (Å²) in [4.78, 5) is 16.3. The molecule has 2 rings (SSSR count). The van der Waals surface area contributed by atoms with Crippen LogP contribution >= 0.6 is 0 Å². The molecular weight excluding hydrogens is 248 g/mol. The van der Waals surface area contributed by atoms with Crippen molar-refractivity contribution in [3.63, 3.8) is 0 Å². The van der Waals surface area contributed by atoms with E-state index in [-0.39, 0.29) is 5.91 Å². The second-order valence-corrected chi connectivity index (χ2v) is 5.83. The van der Waals surface area contributed by atoms with Gasteiger partial charge in [0.1, 0.15) is 0 Å². The molecule has 20 heavy (non-hydrogen) atoms. The summed E-state index contributed by atoms with van der Waals surface area (Å²) in [7, 11) is 0. The van der Waals surface area contributed by atoms with Crippen LogP contribution in [0.5, 0.6) is 0 Å². The van der Waals surface area contributed by atoms with E-state index < -0.39 is 0 Å². The Balaban J connectivity index is 1.73. The van der Waals surface area contributed by atoms with Crippen molar-refractivity contribution < 1.29 is 4.79 Å². The average Bonchev–Trinajstić information content (AvgIpc) is 2.91. The van der Waals surface area contributed by atoms with Crippen LogP contribution in [0.3, 0.4) is 0 Å². The molecule has 0 radical (unpaired) electrons. The number of hydrogen-bond donors (Lipinski definition) is 1. The summed E-state index contributed by atoms with van der Waals surface area (Å²) in [5.74, 6) is 0.887. The van der Waals surface area contributed by atoms with Gasteiger partial charge in [-0.1, -0.05) is 32.3 Å². The van der Waals surface area contributed by atoms with Crippen LogP contribution in [0.25, 0.3) is 0 Å². The molecule has 1 saturated carbocycles. The summed E-state index contributed by atoms with van der Waals surface area (Å²) >= 11 is 0. The number of carbonyl (C=O) groups is 1. The van der Waals surface area contributed by atoms with Gasteiger partial charge >= 0.3 is 0 Å². The van der Waals surface area contributed by atoms with Gasteiger partial charge < -0.3 is 5.32 Å². The predicted octanol–water partition coefficient (Wildman–Crippen LogP) is 3.49. The molecule has 110 valence electrons. The first kappa shape index (κ1) is 15.0. The molecule has 1 fully saturated rings. The summed E-state index contributed by atoms with van der Waals surface area (Å²) < 4.78 is 0. The highest BCUT2D eigenvalue weighted by Gasteiger charge is 2.27. The highest BCUT2D eigenvalue weighted by molar-refractivity contribution is 5.76. The van der Waals surface area contributed by atoms with E-state index in [1.54, 1.807) is 6.20 Å². The average molecular weight is 274 g/mol. The quantitative estimate of drug-likeness (QED) is 0.827. The Bertz CT molecular complexity index is 405. The van der Waals surface area contributed by atoms with Crippen molar-refractivity contribution in [1.29, 1.82) is 0 Å². The fraction of sp³-hybridized carbons (Fsp3) is 0.647. The maximum absolute atomic E-state index is 12.1. The number of nitrogens with one attached hydrogen (secondary N) is 1. The van der Waals surface area contributed by atoms with Crippen LogP contribution in [0.15, 0.2) is 24.4 Å². The van der Waals surface area contributed by atoms with E-state index in [2.05, 4.69) is 17.2 Å². The van der Waals surface area contributed by atoms with Crippen molar-refractivity contribution in [2.75, 3.05) is 0 Å². The molecule has 1 aliphatic rings. The summed E-state index contributed by atoms with van der Waals surface area (Å²) in [6.45, 7) is 2.23. The number of pyridine rings is 1. The lowest BCUT2D eigenvalue weighted by atomic mass is 9.96. The van der Waals surface area contributed by atoms with Gasteiger partial charge in [0.15, 0.2) is 0 Å². The second-order valence-electron chi connectivity index (χ2n) is 5.83. The molecule has 1 aromatic heterocycles. The summed E-state index contributed by atoms with van der Waals surface area (Å²) in [6, 6.07) is 6.27. The molecule has 0 spiro atoms. The summed E-state index contributed by atoms with van der Waals surface area (Å²) in [6.07, 6.45) is 10.6. The number of unbranched alkanes of at least 4 members (excludes halogenated alkanes) is 1. The number of aromatic nitrogens is 1. The number of hydrogen-bond acceptors (Lipinski definition) is 2. The SMILES string of the molecule is CCCCC1CCCC1NC(=O)CCc1ccccn1. The standard InChI is InChI=1S/C17H26N2O/c1-2-3-7-14-8-6-10-16(14)19-17(20)12-11-15-9-4-5-13-18-15/h4-5,9,13-14,16H,2-3,6-8,10-12H2,1H3,(H,19,20). The summed E-state index contributed by atoms with van der Waals surface area (Å²) in [5, 5.41) is 3.24. The third-order valence-electron chi connectivity index (χ3n) is 4.27. The third kappa shape index (κ3) is 4.62. The number of carbonyl (C=O) groups excluding carboxylic acids is 1. The van der Waals surface area contributed by atoms with E-state index >= 15 is 0 Å². The molecule has 3 heteroatoms. The van der Waals surface area contributed by atoms with Crippen molar-refractivity contribution in [3.8, 4) is 0 Å². The number of rotatable bonds is 7. The van der Waals surface area contributed by atoms with Gasteiger partial charge in [-0.05, 0) is 43.7 Å². The topological polar surface area (TPSA) is 42.0 Å². The van der Waals surface area contributed by atoms with Gasteiger partial charge in [-0.2, -0.15) is 0 Å². The zero-order valence-corrected chi connectivity index (χ0v) is 12.5. The van der Waals surface area contributed by atoms with Crippen LogP contribution in [-0.4, -0.2) is 16.9 Å². The van der Waals surface area contributed by atoms with Crippen molar-refractivity contribution >= 4 is 5.91 Å². The molecule has 0 aliphatic heterocycles. The van der Waals surface area contributed by atoms with Gasteiger partial charge in [0.05, 0.1) is 0 Å². The second kappa shape index (κ2) is 8.03. The minimum atomic E-state index is 0.184. The number of nitrogens with zero attached hydrogens (tertiary/aromatic N) is 1. The Morgan fingerprint density at radius 2 is 2.30 bits per heavy atom. The first-order valence-electron chi connectivity index (χ1n) is 7.99. The summed E-state index contributed by atoms with van der Waals surface area (Å²) in [5.41, 5.74) is 0.997. The van der Waals surface area contributed by atoms with E-state index in [0.29, 0.717) is 18.4 Å². The van der Waals surface area contributed by atoms with Gasteiger partial charge in [-0.25, -0.2) is 0 Å². The highest BCUT2D eigenvalue weighted by atomic mass is 16.1. The largest absolute Gasteiger partial charge is 0.353 e. The number of amides is 1. The lowest BCUT2D eigenvalue weighted by Crippen LogP contribution is -2.37. The van der Waals surface area contributed by atoms with E-state index in [0.717, 1.165) is 18.5 Å². The highest BCUT2D eigenvalue weighted by Crippen LogP contribution is 2.29. The molecule has 1 N–H and O–H groups in total.